The van der Waals surface area contributed by atoms with Gasteiger partial charge in [-0.3, -0.25) is 4.79 Å². The average molecular weight is 389 g/mol. The van der Waals surface area contributed by atoms with Crippen molar-refractivity contribution >= 4 is 15.9 Å². The van der Waals surface area contributed by atoms with Crippen LogP contribution in [0.1, 0.15) is 23.6 Å². The van der Waals surface area contributed by atoms with Crippen molar-refractivity contribution in [3.8, 4) is 0 Å². The van der Waals surface area contributed by atoms with E-state index in [0.717, 1.165) is 25.1 Å². The third-order valence-corrected chi connectivity index (χ3v) is 6.15. The van der Waals surface area contributed by atoms with E-state index in [0.29, 0.717) is 13.0 Å². The van der Waals surface area contributed by atoms with Crippen molar-refractivity contribution in [3.63, 3.8) is 0 Å². The molecular weight excluding hydrogens is 362 g/mol. The number of hydrogen-bond acceptors (Lipinski definition) is 3. The fraction of sp³-hybridized carbons (Fsp3) is 0.350. The first-order chi connectivity index (χ1) is 12.8. The van der Waals surface area contributed by atoms with Crippen LogP contribution in [0.4, 0.5) is 0 Å². The normalized spacial score (nSPS) is 17.8. The predicted octanol–water partition coefficient (Wildman–Crippen LogP) is 0.0224. The Balaban J connectivity index is 1.49. The minimum atomic E-state index is -3.67. The minimum absolute atomic E-state index is 0.0468. The Morgan fingerprint density at radius 1 is 1.15 bits per heavy atom. The number of benzene rings is 2. The molecule has 6 nitrogen and oxygen atoms in total. The van der Waals surface area contributed by atoms with E-state index in [1.807, 2.05) is 13.0 Å². The Bertz CT molecular complexity index is 910. The van der Waals surface area contributed by atoms with Crippen LogP contribution in [0.3, 0.4) is 0 Å². The third kappa shape index (κ3) is 4.94. The summed E-state index contributed by atoms with van der Waals surface area (Å²) < 4.78 is 22.5. The zero-order chi connectivity index (χ0) is 19.4. The fourth-order valence-electron chi connectivity index (χ4n) is 3.49. The Hall–Kier alpha value is -2.22. The van der Waals surface area contributed by atoms with Crippen LogP contribution in [0.5, 0.6) is 0 Å². The first-order valence-electron chi connectivity index (χ1n) is 9.15. The number of hydrogen-bond donors (Lipinski definition) is 3. The Labute approximate surface area is 160 Å². The van der Waals surface area contributed by atoms with Crippen LogP contribution in [0.2, 0.25) is 0 Å². The first-order valence-corrected chi connectivity index (χ1v) is 10.7. The highest BCUT2D eigenvalue weighted by Gasteiger charge is 2.28. The number of nitrogens with two attached hydrogens (primary N) is 1. The lowest BCUT2D eigenvalue weighted by Crippen LogP contribution is -3.16. The molecule has 3 rings (SSSR count). The second kappa shape index (κ2) is 8.21. The number of carbonyl (C=O) groups excluding carboxylic acids is 1. The largest absolute Gasteiger partial charge is 0.351 e. The van der Waals surface area contributed by atoms with Crippen LogP contribution >= 0.6 is 0 Å². The Morgan fingerprint density at radius 2 is 1.81 bits per heavy atom. The summed E-state index contributed by atoms with van der Waals surface area (Å²) in [5, 5.41) is 8.09. The van der Waals surface area contributed by atoms with Gasteiger partial charge in [-0.15, -0.1) is 0 Å². The SMILES string of the molecule is C[C@H](C(=O)NCCc1ccc(S(N)(=O)=O)cc1)[NH+]1CCc2ccccc2C1. The number of quaternary nitrogens is 1. The molecule has 1 amide bonds. The average Bonchev–Trinajstić information content (AvgIpc) is 2.66. The maximum absolute atomic E-state index is 12.5. The van der Waals surface area contributed by atoms with Gasteiger partial charge in [0.15, 0.2) is 6.04 Å². The molecule has 2 aromatic carbocycles. The quantitative estimate of drug-likeness (QED) is 0.651. The molecule has 0 radical (unpaired) electrons. The smallest absolute Gasteiger partial charge is 0.278 e. The number of sulfonamides is 1. The minimum Gasteiger partial charge on any atom is -0.351 e. The summed E-state index contributed by atoms with van der Waals surface area (Å²) >= 11 is 0. The lowest BCUT2D eigenvalue weighted by Gasteiger charge is -2.30. The van der Waals surface area contributed by atoms with Gasteiger partial charge in [0, 0.05) is 18.5 Å². The molecule has 1 unspecified atom stereocenters. The number of rotatable bonds is 6. The van der Waals surface area contributed by atoms with Gasteiger partial charge in [-0.25, -0.2) is 13.6 Å². The van der Waals surface area contributed by atoms with Crippen LogP contribution in [0, 0.1) is 0 Å². The summed E-state index contributed by atoms with van der Waals surface area (Å²) in [6.07, 6.45) is 1.64. The number of primary sulfonamides is 1. The van der Waals surface area contributed by atoms with Crippen molar-refractivity contribution in [1.82, 2.24) is 5.32 Å². The van der Waals surface area contributed by atoms with Crippen molar-refractivity contribution < 1.29 is 18.1 Å². The van der Waals surface area contributed by atoms with E-state index in [9.17, 15) is 13.2 Å². The van der Waals surface area contributed by atoms with E-state index in [1.54, 1.807) is 12.1 Å². The van der Waals surface area contributed by atoms with Crippen LogP contribution < -0.4 is 15.4 Å². The third-order valence-electron chi connectivity index (χ3n) is 5.22. The molecule has 0 aliphatic carbocycles. The second-order valence-electron chi connectivity index (χ2n) is 7.06. The molecular formula is C20H26N3O3S+. The molecule has 0 aromatic heterocycles. The Morgan fingerprint density at radius 3 is 2.48 bits per heavy atom. The van der Waals surface area contributed by atoms with Gasteiger partial charge in [-0.1, -0.05) is 36.4 Å². The van der Waals surface area contributed by atoms with Gasteiger partial charge >= 0.3 is 0 Å². The van der Waals surface area contributed by atoms with Crippen LogP contribution in [-0.4, -0.2) is 33.5 Å². The van der Waals surface area contributed by atoms with Gasteiger partial charge in [0.25, 0.3) is 5.91 Å². The fourth-order valence-corrected chi connectivity index (χ4v) is 4.00. The standard InChI is InChI=1S/C20H25N3O3S/c1-15(23-13-11-17-4-2-3-5-18(17)14-23)20(24)22-12-10-16-6-8-19(9-7-16)27(21,25)26/h2-9,15H,10-14H2,1H3,(H,22,24)(H2,21,25,26)/p+1/t15-/m1/s1. The molecule has 4 N–H and O–H groups in total. The summed E-state index contributed by atoms with van der Waals surface area (Å²) in [6.45, 7) is 4.32. The van der Waals surface area contributed by atoms with E-state index >= 15 is 0 Å². The zero-order valence-corrected chi connectivity index (χ0v) is 16.3. The molecule has 7 heteroatoms. The van der Waals surface area contributed by atoms with Crippen molar-refractivity contribution in [3.05, 3.63) is 65.2 Å². The van der Waals surface area contributed by atoms with Crippen molar-refractivity contribution in [2.45, 2.75) is 37.2 Å². The van der Waals surface area contributed by atoms with Crippen molar-refractivity contribution in [1.29, 1.82) is 0 Å². The highest BCUT2D eigenvalue weighted by atomic mass is 32.2. The molecule has 0 bridgehead atoms. The highest BCUT2D eigenvalue weighted by molar-refractivity contribution is 7.89. The topological polar surface area (TPSA) is 93.7 Å². The molecule has 1 aliphatic heterocycles. The van der Waals surface area contributed by atoms with Gasteiger partial charge in [0.2, 0.25) is 10.0 Å². The lowest BCUT2D eigenvalue weighted by atomic mass is 9.99. The first kappa shape index (κ1) is 19.5. The van der Waals surface area contributed by atoms with E-state index in [-0.39, 0.29) is 16.8 Å². The summed E-state index contributed by atoms with van der Waals surface area (Å²) in [7, 11) is -3.67. The zero-order valence-electron chi connectivity index (χ0n) is 15.4. The highest BCUT2D eigenvalue weighted by Crippen LogP contribution is 2.11. The number of carbonyl (C=O) groups is 1. The molecule has 0 saturated heterocycles. The van der Waals surface area contributed by atoms with E-state index in [4.69, 9.17) is 5.14 Å². The van der Waals surface area contributed by atoms with Crippen LogP contribution in [0.15, 0.2) is 53.4 Å². The summed E-state index contributed by atoms with van der Waals surface area (Å²) in [5.74, 6) is 0.0468. The maximum atomic E-state index is 12.5. The maximum Gasteiger partial charge on any atom is 0.278 e. The lowest BCUT2D eigenvalue weighted by molar-refractivity contribution is -0.929. The van der Waals surface area contributed by atoms with Gasteiger partial charge in [0.1, 0.15) is 6.54 Å². The number of fused-ring (bicyclic) bond motifs is 1. The molecule has 0 spiro atoms. The second-order valence-corrected chi connectivity index (χ2v) is 8.62. The Kier molecular flexibility index (Phi) is 5.94. The summed E-state index contributed by atoms with van der Waals surface area (Å²) in [6, 6.07) is 14.7. The molecule has 1 heterocycles. The molecule has 0 fully saturated rings. The van der Waals surface area contributed by atoms with E-state index in [1.165, 1.54) is 28.2 Å². The van der Waals surface area contributed by atoms with Gasteiger partial charge in [-0.2, -0.15) is 0 Å². The summed E-state index contributed by atoms with van der Waals surface area (Å²) in [5.41, 5.74) is 3.67. The number of amides is 1. The molecule has 1 aliphatic rings. The molecule has 2 atom stereocenters. The predicted molar refractivity (Wildman–Crippen MR) is 104 cm³/mol. The van der Waals surface area contributed by atoms with Crippen molar-refractivity contribution in [2.75, 3.05) is 13.1 Å². The van der Waals surface area contributed by atoms with Gasteiger partial charge < -0.3 is 10.2 Å². The van der Waals surface area contributed by atoms with Gasteiger partial charge in [-0.05, 0) is 36.6 Å². The molecule has 2 aromatic rings. The van der Waals surface area contributed by atoms with Crippen LogP contribution in [0.25, 0.3) is 0 Å². The molecule has 0 saturated carbocycles. The monoisotopic (exact) mass is 388 g/mol. The van der Waals surface area contributed by atoms with Gasteiger partial charge in [0.05, 0.1) is 11.4 Å². The number of nitrogens with one attached hydrogen (secondary N) is 2. The van der Waals surface area contributed by atoms with E-state index < -0.39 is 10.0 Å². The summed E-state index contributed by atoms with van der Waals surface area (Å²) in [4.78, 5) is 13.9. The van der Waals surface area contributed by atoms with Crippen molar-refractivity contribution in [2.24, 2.45) is 5.14 Å². The van der Waals surface area contributed by atoms with Crippen LogP contribution in [-0.2, 0) is 34.2 Å². The van der Waals surface area contributed by atoms with E-state index in [2.05, 4.69) is 23.5 Å². The molecule has 144 valence electrons. The molecule has 27 heavy (non-hydrogen) atoms.